The molecule has 1 aromatic rings. The average molecular weight is 358 g/mol. The van der Waals surface area contributed by atoms with E-state index in [-0.39, 0.29) is 18.4 Å². The van der Waals surface area contributed by atoms with E-state index in [0.717, 1.165) is 0 Å². The fraction of sp³-hybridized carbons (Fsp3) is 0.286. The number of ether oxygens (including phenoxy) is 1. The second-order valence-electron chi connectivity index (χ2n) is 4.60. The fourth-order valence-corrected chi connectivity index (χ4v) is 2.31. The molecule has 0 spiro atoms. The summed E-state index contributed by atoms with van der Waals surface area (Å²) in [5, 5.41) is 11.5. The van der Waals surface area contributed by atoms with E-state index >= 15 is 0 Å². The van der Waals surface area contributed by atoms with Crippen LogP contribution in [-0.2, 0) is 9.59 Å². The smallest absolute Gasteiger partial charge is 0.310 e. The van der Waals surface area contributed by atoms with Gasteiger partial charge in [0.25, 0.3) is 5.91 Å². The third-order valence-corrected chi connectivity index (χ3v) is 3.49. The molecule has 0 aromatic heterocycles. The Kier molecular flexibility index (Phi) is 4.95. The van der Waals surface area contributed by atoms with Crippen LogP contribution in [0.2, 0.25) is 0 Å². The van der Waals surface area contributed by atoms with Crippen molar-refractivity contribution in [2.24, 2.45) is 5.92 Å². The van der Waals surface area contributed by atoms with Crippen LogP contribution in [0.1, 0.15) is 6.42 Å². The number of halogens is 2. The van der Waals surface area contributed by atoms with Crippen molar-refractivity contribution in [3.8, 4) is 5.75 Å². The van der Waals surface area contributed by atoms with Gasteiger partial charge in [-0.3, -0.25) is 9.59 Å². The van der Waals surface area contributed by atoms with Gasteiger partial charge in [-0.05, 0) is 24.6 Å². The number of nitrogens with one attached hydrogen (secondary N) is 1. The number of carbonyl (C=O) groups excluding carboxylic acids is 1. The second kappa shape index (κ2) is 6.71. The number of hydrogen-bond donors (Lipinski definition) is 2. The Bertz CT molecular complexity index is 590. The number of rotatable bonds is 5. The third kappa shape index (κ3) is 4.29. The molecule has 0 heterocycles. The lowest BCUT2D eigenvalue weighted by Gasteiger charge is -2.13. The number of carboxylic acids is 1. The number of amides is 1. The van der Waals surface area contributed by atoms with Gasteiger partial charge in [-0.25, -0.2) is 4.39 Å². The van der Waals surface area contributed by atoms with Crippen molar-refractivity contribution in [1.82, 2.24) is 5.32 Å². The van der Waals surface area contributed by atoms with Gasteiger partial charge in [0, 0.05) is 10.5 Å². The largest absolute Gasteiger partial charge is 0.481 e. The Balaban J connectivity index is 1.81. The highest BCUT2D eigenvalue weighted by Crippen LogP contribution is 2.21. The number of benzene rings is 1. The molecule has 21 heavy (non-hydrogen) atoms. The highest BCUT2D eigenvalue weighted by atomic mass is 79.9. The van der Waals surface area contributed by atoms with Gasteiger partial charge in [0.1, 0.15) is 0 Å². The first kappa shape index (κ1) is 15.5. The fourth-order valence-electron chi connectivity index (χ4n) is 1.97. The molecule has 2 atom stereocenters. The Morgan fingerprint density at radius 2 is 2.19 bits per heavy atom. The van der Waals surface area contributed by atoms with Gasteiger partial charge in [-0.2, -0.15) is 0 Å². The first-order chi connectivity index (χ1) is 9.95. The number of hydrogen-bond acceptors (Lipinski definition) is 3. The van der Waals surface area contributed by atoms with E-state index in [1.807, 2.05) is 0 Å². The Hall–Kier alpha value is -1.89. The molecule has 0 bridgehead atoms. The van der Waals surface area contributed by atoms with Crippen molar-refractivity contribution >= 4 is 27.8 Å². The summed E-state index contributed by atoms with van der Waals surface area (Å²) in [6.45, 7) is -0.333. The summed E-state index contributed by atoms with van der Waals surface area (Å²) in [5.41, 5.74) is 0. The zero-order valence-electron chi connectivity index (χ0n) is 10.9. The second-order valence-corrected chi connectivity index (χ2v) is 5.52. The van der Waals surface area contributed by atoms with Crippen molar-refractivity contribution in [1.29, 1.82) is 0 Å². The zero-order chi connectivity index (χ0) is 15.4. The highest BCUT2D eigenvalue weighted by Gasteiger charge is 2.25. The van der Waals surface area contributed by atoms with Crippen LogP contribution in [0.3, 0.4) is 0 Å². The molecule has 7 heteroatoms. The Morgan fingerprint density at radius 3 is 2.81 bits per heavy atom. The lowest BCUT2D eigenvalue weighted by molar-refractivity contribution is -0.140. The minimum Gasteiger partial charge on any atom is -0.481 e. The first-order valence-electron chi connectivity index (χ1n) is 6.24. The first-order valence-corrected chi connectivity index (χ1v) is 7.03. The summed E-state index contributed by atoms with van der Waals surface area (Å²) >= 11 is 3.12. The molecule has 0 radical (unpaired) electrons. The van der Waals surface area contributed by atoms with Crippen molar-refractivity contribution in [2.75, 3.05) is 6.61 Å². The molecular formula is C14H13BrFNO4. The quantitative estimate of drug-likeness (QED) is 0.791. The van der Waals surface area contributed by atoms with E-state index in [1.54, 1.807) is 18.2 Å². The van der Waals surface area contributed by atoms with Gasteiger partial charge >= 0.3 is 5.97 Å². The van der Waals surface area contributed by atoms with Crippen LogP contribution >= 0.6 is 15.9 Å². The summed E-state index contributed by atoms with van der Waals surface area (Å²) in [7, 11) is 0. The van der Waals surface area contributed by atoms with Gasteiger partial charge in [-0.1, -0.05) is 28.1 Å². The topological polar surface area (TPSA) is 75.6 Å². The van der Waals surface area contributed by atoms with Crippen LogP contribution in [0.5, 0.6) is 5.75 Å². The summed E-state index contributed by atoms with van der Waals surface area (Å²) in [6.07, 6.45) is 3.49. The molecule has 1 aromatic carbocycles. The van der Waals surface area contributed by atoms with E-state index < -0.39 is 23.6 Å². The van der Waals surface area contributed by atoms with Gasteiger partial charge in [0.05, 0.1) is 5.92 Å². The van der Waals surface area contributed by atoms with Gasteiger partial charge in [-0.15, -0.1) is 0 Å². The Morgan fingerprint density at radius 1 is 1.43 bits per heavy atom. The summed E-state index contributed by atoms with van der Waals surface area (Å²) in [4.78, 5) is 22.5. The van der Waals surface area contributed by atoms with E-state index in [9.17, 15) is 14.0 Å². The summed E-state index contributed by atoms with van der Waals surface area (Å²) < 4.78 is 19.1. The molecule has 1 aliphatic rings. The van der Waals surface area contributed by atoms with E-state index in [1.165, 1.54) is 12.1 Å². The van der Waals surface area contributed by atoms with E-state index in [4.69, 9.17) is 9.84 Å². The van der Waals surface area contributed by atoms with Crippen LogP contribution < -0.4 is 10.1 Å². The van der Waals surface area contributed by atoms with E-state index in [2.05, 4.69) is 21.2 Å². The predicted octanol–water partition coefficient (Wildman–Crippen LogP) is 2.11. The SMILES string of the molecule is O=C(COc1ccc(Br)cc1F)NC1C=CC(C(=O)O)C1. The van der Waals surface area contributed by atoms with Crippen LogP contribution in [0.4, 0.5) is 4.39 Å². The number of aliphatic carboxylic acids is 1. The molecule has 112 valence electrons. The standard InChI is InChI=1S/C14H13BrFNO4/c15-9-2-4-12(11(16)6-9)21-7-13(18)17-10-3-1-8(5-10)14(19)20/h1-4,6,8,10H,5,7H2,(H,17,18)(H,19,20). The number of carboxylic acid groups (broad SMARTS) is 1. The predicted molar refractivity (Wildman–Crippen MR) is 76.4 cm³/mol. The van der Waals surface area contributed by atoms with Crippen LogP contribution in [0, 0.1) is 11.7 Å². The normalized spacial score (nSPS) is 20.3. The van der Waals surface area contributed by atoms with Crippen molar-refractivity contribution in [3.63, 3.8) is 0 Å². The molecule has 2 N–H and O–H groups in total. The maximum Gasteiger partial charge on any atom is 0.310 e. The molecule has 2 unspecified atom stereocenters. The van der Waals surface area contributed by atoms with Crippen molar-refractivity contribution in [2.45, 2.75) is 12.5 Å². The van der Waals surface area contributed by atoms with Gasteiger partial charge in [0.15, 0.2) is 18.2 Å². The maximum absolute atomic E-state index is 13.5. The van der Waals surface area contributed by atoms with Crippen molar-refractivity contribution in [3.05, 3.63) is 40.6 Å². The maximum atomic E-state index is 13.5. The molecular weight excluding hydrogens is 345 g/mol. The average Bonchev–Trinajstić information content (AvgIpc) is 2.86. The lowest BCUT2D eigenvalue weighted by Crippen LogP contribution is -2.36. The van der Waals surface area contributed by atoms with Crippen LogP contribution in [0.15, 0.2) is 34.8 Å². The van der Waals surface area contributed by atoms with Gasteiger partial charge < -0.3 is 15.2 Å². The zero-order valence-corrected chi connectivity index (χ0v) is 12.5. The minimum absolute atomic E-state index is 0.0151. The monoisotopic (exact) mass is 357 g/mol. The molecule has 0 fully saturated rings. The highest BCUT2D eigenvalue weighted by molar-refractivity contribution is 9.10. The van der Waals surface area contributed by atoms with Crippen molar-refractivity contribution < 1.29 is 23.8 Å². The molecule has 5 nitrogen and oxygen atoms in total. The molecule has 0 saturated heterocycles. The third-order valence-electron chi connectivity index (χ3n) is 3.00. The van der Waals surface area contributed by atoms with Gasteiger partial charge in [0.2, 0.25) is 0 Å². The molecule has 1 amide bonds. The minimum atomic E-state index is -0.920. The molecule has 0 aliphatic heterocycles. The number of carbonyl (C=O) groups is 2. The Labute approximate surface area is 128 Å². The lowest BCUT2D eigenvalue weighted by atomic mass is 10.1. The van der Waals surface area contributed by atoms with Crippen LogP contribution in [0.25, 0.3) is 0 Å². The molecule has 0 saturated carbocycles. The summed E-state index contributed by atoms with van der Waals surface area (Å²) in [6, 6.07) is 3.93. The molecule has 2 rings (SSSR count). The van der Waals surface area contributed by atoms with E-state index in [0.29, 0.717) is 10.9 Å². The molecule has 1 aliphatic carbocycles. The summed E-state index contributed by atoms with van der Waals surface area (Å²) in [5.74, 6) is -2.52. The van der Waals surface area contributed by atoms with Crippen LogP contribution in [-0.4, -0.2) is 29.6 Å².